The first-order valence-electron chi connectivity index (χ1n) is 9.23. The van der Waals surface area contributed by atoms with Crippen molar-refractivity contribution in [3.8, 4) is 5.75 Å². The van der Waals surface area contributed by atoms with Crippen LogP contribution in [0.2, 0.25) is 5.02 Å². The molecule has 1 aliphatic rings. The highest BCUT2D eigenvalue weighted by molar-refractivity contribution is 7.89. The number of carbonyl (C=O) groups excluding carboxylic acids is 1. The summed E-state index contributed by atoms with van der Waals surface area (Å²) >= 11 is 5.79. The van der Waals surface area contributed by atoms with Crippen LogP contribution in [0, 0.1) is 0 Å². The molecule has 0 unspecified atom stereocenters. The predicted octanol–water partition coefficient (Wildman–Crippen LogP) is 1.38. The van der Waals surface area contributed by atoms with Crippen LogP contribution in [-0.4, -0.2) is 68.7 Å². The lowest BCUT2D eigenvalue weighted by atomic mass is 10.3. The number of benzene rings is 1. The summed E-state index contributed by atoms with van der Waals surface area (Å²) in [7, 11) is -3.44. The van der Waals surface area contributed by atoms with Crippen molar-refractivity contribution < 1.29 is 17.9 Å². The highest BCUT2D eigenvalue weighted by Crippen LogP contribution is 2.16. The van der Waals surface area contributed by atoms with E-state index in [0.717, 1.165) is 5.82 Å². The van der Waals surface area contributed by atoms with E-state index in [1.165, 1.54) is 4.31 Å². The molecule has 1 aliphatic heterocycles. The third-order valence-electron chi connectivity index (χ3n) is 4.47. The summed E-state index contributed by atoms with van der Waals surface area (Å²) in [6.07, 6.45) is 1.72. The fourth-order valence-electron chi connectivity index (χ4n) is 2.92. The maximum absolute atomic E-state index is 12.5. The molecule has 0 atom stereocenters. The van der Waals surface area contributed by atoms with Gasteiger partial charge in [-0.3, -0.25) is 4.79 Å². The van der Waals surface area contributed by atoms with Crippen LogP contribution in [-0.2, 0) is 14.8 Å². The number of rotatable bonds is 8. The minimum absolute atomic E-state index is 0.0333. The number of anilines is 1. The summed E-state index contributed by atoms with van der Waals surface area (Å²) in [6.45, 7) is 1.80. The zero-order chi connectivity index (χ0) is 20.7. The van der Waals surface area contributed by atoms with Gasteiger partial charge in [0.25, 0.3) is 5.91 Å². The van der Waals surface area contributed by atoms with Gasteiger partial charge in [0.2, 0.25) is 10.0 Å². The van der Waals surface area contributed by atoms with Crippen LogP contribution < -0.4 is 15.0 Å². The molecule has 2 aromatic rings. The monoisotopic (exact) mass is 438 g/mol. The summed E-state index contributed by atoms with van der Waals surface area (Å²) in [5, 5.41) is 3.15. The zero-order valence-corrected chi connectivity index (χ0v) is 17.4. The van der Waals surface area contributed by atoms with E-state index in [1.54, 1.807) is 30.5 Å². The Morgan fingerprint density at radius 1 is 1.10 bits per heavy atom. The summed E-state index contributed by atoms with van der Waals surface area (Å²) < 4.78 is 31.8. The molecule has 1 aromatic carbocycles. The fourth-order valence-corrected chi connectivity index (χ4v) is 4.38. The Labute approximate surface area is 175 Å². The largest absolute Gasteiger partial charge is 0.484 e. The van der Waals surface area contributed by atoms with Gasteiger partial charge in [0.1, 0.15) is 11.6 Å². The molecule has 0 aliphatic carbocycles. The standard InChI is InChI=1S/C19H23ClN4O4S/c20-16-4-6-17(7-5-16)28-15-19(25)22-9-14-29(26,27)24-12-10-23(11-13-24)18-3-1-2-8-21-18/h1-8H,9-15H2,(H,22,25). The van der Waals surface area contributed by atoms with Gasteiger partial charge in [-0.2, -0.15) is 4.31 Å². The fraction of sp³-hybridized carbons (Fsp3) is 0.368. The van der Waals surface area contributed by atoms with Crippen LogP contribution in [0.5, 0.6) is 5.75 Å². The number of piperazine rings is 1. The smallest absolute Gasteiger partial charge is 0.257 e. The average Bonchev–Trinajstić information content (AvgIpc) is 2.74. The molecule has 1 N–H and O–H groups in total. The SMILES string of the molecule is O=C(COc1ccc(Cl)cc1)NCCS(=O)(=O)N1CCN(c2ccccn2)CC1. The molecule has 156 valence electrons. The van der Waals surface area contributed by atoms with Crippen molar-refractivity contribution >= 4 is 33.3 Å². The van der Waals surface area contributed by atoms with Crippen molar-refractivity contribution in [3.05, 3.63) is 53.7 Å². The molecule has 8 nitrogen and oxygen atoms in total. The number of ether oxygens (including phenoxy) is 1. The first-order valence-corrected chi connectivity index (χ1v) is 11.2. The maximum Gasteiger partial charge on any atom is 0.257 e. The number of pyridine rings is 1. The van der Waals surface area contributed by atoms with Gasteiger partial charge in [-0.25, -0.2) is 13.4 Å². The molecule has 29 heavy (non-hydrogen) atoms. The molecule has 2 heterocycles. The minimum atomic E-state index is -3.44. The van der Waals surface area contributed by atoms with Crippen molar-refractivity contribution in [2.75, 3.05) is 50.0 Å². The minimum Gasteiger partial charge on any atom is -0.484 e. The van der Waals surface area contributed by atoms with Gasteiger partial charge in [0.15, 0.2) is 6.61 Å². The molecule has 1 amide bonds. The molecular formula is C19H23ClN4O4S. The Morgan fingerprint density at radius 3 is 2.48 bits per heavy atom. The number of hydrogen-bond donors (Lipinski definition) is 1. The van der Waals surface area contributed by atoms with Gasteiger partial charge in [-0.05, 0) is 36.4 Å². The molecule has 0 bridgehead atoms. The number of halogens is 1. The lowest BCUT2D eigenvalue weighted by Gasteiger charge is -2.34. The van der Waals surface area contributed by atoms with Gasteiger partial charge >= 0.3 is 0 Å². The number of hydrogen-bond acceptors (Lipinski definition) is 6. The first-order chi connectivity index (χ1) is 13.9. The highest BCUT2D eigenvalue weighted by Gasteiger charge is 2.27. The number of amides is 1. The van der Waals surface area contributed by atoms with E-state index >= 15 is 0 Å². The van der Waals surface area contributed by atoms with Crippen LogP contribution in [0.15, 0.2) is 48.7 Å². The Bertz CT molecular complexity index is 902. The number of nitrogens with zero attached hydrogens (tertiary/aromatic N) is 3. The first kappa shape index (κ1) is 21.4. The lowest BCUT2D eigenvalue weighted by molar-refractivity contribution is -0.122. The Balaban J connectivity index is 1.38. The van der Waals surface area contributed by atoms with Crippen molar-refractivity contribution in [2.24, 2.45) is 0 Å². The van der Waals surface area contributed by atoms with E-state index in [2.05, 4.69) is 15.2 Å². The second-order valence-electron chi connectivity index (χ2n) is 6.48. The summed E-state index contributed by atoms with van der Waals surface area (Å²) in [5.74, 6) is 0.832. The molecule has 0 saturated carbocycles. The highest BCUT2D eigenvalue weighted by atomic mass is 35.5. The van der Waals surface area contributed by atoms with Crippen molar-refractivity contribution in [1.82, 2.24) is 14.6 Å². The average molecular weight is 439 g/mol. The van der Waals surface area contributed by atoms with Crippen molar-refractivity contribution in [1.29, 1.82) is 0 Å². The third kappa shape index (κ3) is 6.31. The molecule has 1 aromatic heterocycles. The molecule has 0 radical (unpaired) electrons. The second kappa shape index (κ2) is 9.91. The van der Waals surface area contributed by atoms with E-state index in [0.29, 0.717) is 37.0 Å². The van der Waals surface area contributed by atoms with Gasteiger partial charge in [0, 0.05) is 43.9 Å². The summed E-state index contributed by atoms with van der Waals surface area (Å²) in [6, 6.07) is 12.3. The van der Waals surface area contributed by atoms with E-state index in [-0.39, 0.29) is 24.8 Å². The topological polar surface area (TPSA) is 91.8 Å². The zero-order valence-electron chi connectivity index (χ0n) is 15.8. The summed E-state index contributed by atoms with van der Waals surface area (Å²) in [5.41, 5.74) is 0. The molecule has 0 spiro atoms. The number of aromatic nitrogens is 1. The van der Waals surface area contributed by atoms with Crippen molar-refractivity contribution in [2.45, 2.75) is 0 Å². The molecule has 3 rings (SSSR count). The Morgan fingerprint density at radius 2 is 1.83 bits per heavy atom. The molecule has 10 heteroatoms. The van der Waals surface area contributed by atoms with Crippen LogP contribution in [0.1, 0.15) is 0 Å². The van der Waals surface area contributed by atoms with E-state index in [4.69, 9.17) is 16.3 Å². The number of carbonyl (C=O) groups is 1. The van der Waals surface area contributed by atoms with E-state index in [9.17, 15) is 13.2 Å². The number of sulfonamides is 1. The van der Waals surface area contributed by atoms with Crippen LogP contribution in [0.25, 0.3) is 0 Å². The molecular weight excluding hydrogens is 416 g/mol. The van der Waals surface area contributed by atoms with Gasteiger partial charge < -0.3 is 15.0 Å². The van der Waals surface area contributed by atoms with E-state index in [1.807, 2.05) is 18.2 Å². The van der Waals surface area contributed by atoms with Crippen molar-refractivity contribution in [3.63, 3.8) is 0 Å². The van der Waals surface area contributed by atoms with Crippen LogP contribution in [0.4, 0.5) is 5.82 Å². The lowest BCUT2D eigenvalue weighted by Crippen LogP contribution is -2.50. The van der Waals surface area contributed by atoms with Gasteiger partial charge in [0.05, 0.1) is 5.75 Å². The van der Waals surface area contributed by atoms with Gasteiger partial charge in [-0.1, -0.05) is 17.7 Å². The number of nitrogens with one attached hydrogen (secondary N) is 1. The normalized spacial score (nSPS) is 15.1. The Hall–Kier alpha value is -2.36. The molecule has 1 saturated heterocycles. The Kier molecular flexibility index (Phi) is 7.29. The third-order valence-corrected chi connectivity index (χ3v) is 6.59. The van der Waals surface area contributed by atoms with Crippen LogP contribution in [0.3, 0.4) is 0 Å². The quantitative estimate of drug-likeness (QED) is 0.669. The predicted molar refractivity (Wildman–Crippen MR) is 112 cm³/mol. The van der Waals surface area contributed by atoms with Gasteiger partial charge in [-0.15, -0.1) is 0 Å². The summed E-state index contributed by atoms with van der Waals surface area (Å²) in [4.78, 5) is 18.2. The maximum atomic E-state index is 12.5. The van der Waals surface area contributed by atoms with Crippen LogP contribution >= 0.6 is 11.6 Å². The van der Waals surface area contributed by atoms with E-state index < -0.39 is 10.0 Å². The second-order valence-corrected chi connectivity index (χ2v) is 9.01. The molecule has 1 fully saturated rings.